The maximum atomic E-state index is 13.0. The SMILES string of the molecule is C[C@@H](NS(=O)(=O)c1ccc(Oc2ccccc2)cc1)c1ccc(F)cc1. The second-order valence-electron chi connectivity index (χ2n) is 5.78. The summed E-state index contributed by atoms with van der Waals surface area (Å²) in [5.41, 5.74) is 0.680. The zero-order valence-corrected chi connectivity index (χ0v) is 14.9. The van der Waals surface area contributed by atoms with Gasteiger partial charge in [0.2, 0.25) is 10.0 Å². The van der Waals surface area contributed by atoms with Crippen molar-refractivity contribution in [1.82, 2.24) is 4.72 Å². The van der Waals surface area contributed by atoms with E-state index in [9.17, 15) is 12.8 Å². The first-order valence-corrected chi connectivity index (χ1v) is 9.53. The lowest BCUT2D eigenvalue weighted by Gasteiger charge is -2.15. The lowest BCUT2D eigenvalue weighted by atomic mass is 10.1. The minimum atomic E-state index is -3.71. The number of para-hydroxylation sites is 1. The molecule has 6 heteroatoms. The van der Waals surface area contributed by atoms with Crippen LogP contribution in [-0.2, 0) is 10.0 Å². The fourth-order valence-electron chi connectivity index (χ4n) is 2.43. The number of hydrogen-bond donors (Lipinski definition) is 1. The Balaban J connectivity index is 1.71. The van der Waals surface area contributed by atoms with Crippen LogP contribution in [0.2, 0.25) is 0 Å². The summed E-state index contributed by atoms with van der Waals surface area (Å²) in [6.07, 6.45) is 0. The van der Waals surface area contributed by atoms with Gasteiger partial charge in [0.1, 0.15) is 17.3 Å². The Morgan fingerprint density at radius 2 is 1.42 bits per heavy atom. The van der Waals surface area contributed by atoms with Gasteiger partial charge in [-0.1, -0.05) is 30.3 Å². The van der Waals surface area contributed by atoms with Gasteiger partial charge in [0.25, 0.3) is 0 Å². The van der Waals surface area contributed by atoms with E-state index in [4.69, 9.17) is 4.74 Å². The summed E-state index contributed by atoms with van der Waals surface area (Å²) in [4.78, 5) is 0.131. The Kier molecular flexibility index (Phi) is 5.35. The highest BCUT2D eigenvalue weighted by Crippen LogP contribution is 2.23. The van der Waals surface area contributed by atoms with Crippen LogP contribution >= 0.6 is 0 Å². The molecule has 0 aromatic heterocycles. The third kappa shape index (κ3) is 4.47. The highest BCUT2D eigenvalue weighted by atomic mass is 32.2. The molecule has 3 aromatic carbocycles. The van der Waals surface area contributed by atoms with Gasteiger partial charge in [-0.3, -0.25) is 0 Å². The zero-order valence-electron chi connectivity index (χ0n) is 14.1. The third-order valence-corrected chi connectivity index (χ3v) is 5.37. The van der Waals surface area contributed by atoms with Crippen LogP contribution in [0.1, 0.15) is 18.5 Å². The number of hydrogen-bond acceptors (Lipinski definition) is 3. The van der Waals surface area contributed by atoms with E-state index in [-0.39, 0.29) is 10.7 Å². The van der Waals surface area contributed by atoms with Gasteiger partial charge in [-0.15, -0.1) is 0 Å². The molecule has 0 unspecified atom stereocenters. The number of benzene rings is 3. The van der Waals surface area contributed by atoms with Crippen molar-refractivity contribution in [2.75, 3.05) is 0 Å². The van der Waals surface area contributed by atoms with Crippen LogP contribution < -0.4 is 9.46 Å². The van der Waals surface area contributed by atoms with Crippen molar-refractivity contribution in [2.24, 2.45) is 0 Å². The molecule has 0 amide bonds. The molecule has 0 heterocycles. The molecule has 0 aliphatic rings. The van der Waals surface area contributed by atoms with Gasteiger partial charge in [0, 0.05) is 6.04 Å². The maximum Gasteiger partial charge on any atom is 0.241 e. The molecule has 0 spiro atoms. The second kappa shape index (κ2) is 7.68. The molecule has 3 rings (SSSR count). The van der Waals surface area contributed by atoms with Gasteiger partial charge in [0.05, 0.1) is 4.90 Å². The van der Waals surface area contributed by atoms with Gasteiger partial charge in [-0.05, 0) is 61.0 Å². The Bertz CT molecular complexity index is 956. The average Bonchev–Trinajstić information content (AvgIpc) is 2.63. The van der Waals surface area contributed by atoms with E-state index in [1.165, 1.54) is 24.3 Å². The molecular weight excluding hydrogens is 353 g/mol. The van der Waals surface area contributed by atoms with E-state index in [1.807, 2.05) is 30.3 Å². The van der Waals surface area contributed by atoms with Crippen LogP contribution in [-0.4, -0.2) is 8.42 Å². The fraction of sp³-hybridized carbons (Fsp3) is 0.100. The van der Waals surface area contributed by atoms with Gasteiger partial charge in [-0.25, -0.2) is 17.5 Å². The number of sulfonamides is 1. The molecule has 0 aliphatic carbocycles. The molecule has 0 radical (unpaired) electrons. The fourth-order valence-corrected chi connectivity index (χ4v) is 3.66. The molecule has 0 saturated heterocycles. The van der Waals surface area contributed by atoms with Crippen molar-refractivity contribution < 1.29 is 17.5 Å². The lowest BCUT2D eigenvalue weighted by molar-refractivity contribution is 0.482. The zero-order chi connectivity index (χ0) is 18.6. The molecule has 0 fully saturated rings. The summed E-state index contributed by atoms with van der Waals surface area (Å²) >= 11 is 0. The van der Waals surface area contributed by atoms with E-state index < -0.39 is 16.1 Å². The van der Waals surface area contributed by atoms with Crippen LogP contribution in [0.3, 0.4) is 0 Å². The van der Waals surface area contributed by atoms with Crippen LogP contribution in [0.4, 0.5) is 4.39 Å². The Morgan fingerprint density at radius 3 is 2.04 bits per heavy atom. The number of nitrogens with one attached hydrogen (secondary N) is 1. The second-order valence-corrected chi connectivity index (χ2v) is 7.50. The van der Waals surface area contributed by atoms with Gasteiger partial charge >= 0.3 is 0 Å². The van der Waals surface area contributed by atoms with Crippen LogP contribution in [0.15, 0.2) is 83.8 Å². The van der Waals surface area contributed by atoms with Gasteiger partial charge < -0.3 is 4.74 Å². The summed E-state index contributed by atoms with van der Waals surface area (Å²) in [6, 6.07) is 20.6. The normalized spacial score (nSPS) is 12.5. The number of halogens is 1. The third-order valence-electron chi connectivity index (χ3n) is 3.81. The van der Waals surface area contributed by atoms with Crippen molar-refractivity contribution in [2.45, 2.75) is 17.9 Å². The van der Waals surface area contributed by atoms with Crippen LogP contribution in [0.5, 0.6) is 11.5 Å². The predicted octanol–water partition coefficient (Wildman–Crippen LogP) is 4.66. The van der Waals surface area contributed by atoms with Crippen molar-refractivity contribution in [3.8, 4) is 11.5 Å². The molecule has 0 aliphatic heterocycles. The van der Waals surface area contributed by atoms with E-state index in [0.29, 0.717) is 17.1 Å². The summed E-state index contributed by atoms with van der Waals surface area (Å²) in [5.74, 6) is 0.853. The Morgan fingerprint density at radius 1 is 0.846 bits per heavy atom. The van der Waals surface area contributed by atoms with Crippen molar-refractivity contribution in [3.63, 3.8) is 0 Å². The van der Waals surface area contributed by atoms with Crippen molar-refractivity contribution in [3.05, 3.63) is 90.2 Å². The van der Waals surface area contributed by atoms with Crippen molar-refractivity contribution in [1.29, 1.82) is 0 Å². The Labute approximate surface area is 152 Å². The monoisotopic (exact) mass is 371 g/mol. The smallest absolute Gasteiger partial charge is 0.241 e. The summed E-state index contributed by atoms with van der Waals surface area (Å²) in [6.45, 7) is 1.71. The molecule has 134 valence electrons. The minimum Gasteiger partial charge on any atom is -0.457 e. The standard InChI is InChI=1S/C20H18FNO3S/c1-15(16-7-9-17(21)10-8-16)22-26(23,24)20-13-11-19(12-14-20)25-18-5-3-2-4-6-18/h2-15,22H,1H3/t15-/m1/s1. The largest absolute Gasteiger partial charge is 0.457 e. The van der Waals surface area contributed by atoms with E-state index >= 15 is 0 Å². The Hall–Kier alpha value is -2.70. The first kappa shape index (κ1) is 18.1. The minimum absolute atomic E-state index is 0.131. The van der Waals surface area contributed by atoms with Crippen LogP contribution in [0.25, 0.3) is 0 Å². The molecular formula is C20H18FNO3S. The van der Waals surface area contributed by atoms with E-state index in [2.05, 4.69) is 4.72 Å². The molecule has 1 atom stereocenters. The van der Waals surface area contributed by atoms with Gasteiger partial charge in [0.15, 0.2) is 0 Å². The first-order valence-electron chi connectivity index (χ1n) is 8.05. The molecule has 0 saturated carbocycles. The highest BCUT2D eigenvalue weighted by molar-refractivity contribution is 7.89. The summed E-state index contributed by atoms with van der Waals surface area (Å²) in [7, 11) is -3.71. The number of ether oxygens (including phenoxy) is 1. The van der Waals surface area contributed by atoms with E-state index in [0.717, 1.165) is 0 Å². The topological polar surface area (TPSA) is 55.4 Å². The van der Waals surface area contributed by atoms with Crippen molar-refractivity contribution >= 4 is 10.0 Å². The molecule has 0 bridgehead atoms. The molecule has 1 N–H and O–H groups in total. The lowest BCUT2D eigenvalue weighted by Crippen LogP contribution is -2.26. The number of rotatable bonds is 6. The molecule has 4 nitrogen and oxygen atoms in total. The first-order chi connectivity index (χ1) is 12.4. The maximum absolute atomic E-state index is 13.0. The van der Waals surface area contributed by atoms with E-state index in [1.54, 1.807) is 31.2 Å². The quantitative estimate of drug-likeness (QED) is 0.686. The molecule has 26 heavy (non-hydrogen) atoms. The van der Waals surface area contributed by atoms with Gasteiger partial charge in [-0.2, -0.15) is 0 Å². The summed E-state index contributed by atoms with van der Waals surface area (Å²) in [5, 5.41) is 0. The molecule has 3 aromatic rings. The summed E-state index contributed by atoms with van der Waals surface area (Å²) < 4.78 is 46.3. The predicted molar refractivity (Wildman–Crippen MR) is 98.1 cm³/mol. The average molecular weight is 371 g/mol. The highest BCUT2D eigenvalue weighted by Gasteiger charge is 2.18. The van der Waals surface area contributed by atoms with Crippen LogP contribution in [0, 0.1) is 5.82 Å².